The molecule has 0 spiro atoms. The van der Waals surface area contributed by atoms with Crippen molar-refractivity contribution in [3.8, 4) is 0 Å². The number of benzene rings is 1. The second kappa shape index (κ2) is 4.63. The van der Waals surface area contributed by atoms with Gasteiger partial charge in [0.25, 0.3) is 0 Å². The van der Waals surface area contributed by atoms with Crippen LogP contribution in [0.3, 0.4) is 0 Å². The van der Waals surface area contributed by atoms with Crippen LogP contribution >= 0.6 is 0 Å². The van der Waals surface area contributed by atoms with Gasteiger partial charge < -0.3 is 5.11 Å². The predicted molar refractivity (Wildman–Crippen MR) is 65.0 cm³/mol. The van der Waals surface area contributed by atoms with E-state index in [2.05, 4.69) is 26.0 Å². The van der Waals surface area contributed by atoms with Crippen molar-refractivity contribution in [3.05, 3.63) is 46.0 Å². The lowest BCUT2D eigenvalue weighted by Crippen LogP contribution is -1.99. The summed E-state index contributed by atoms with van der Waals surface area (Å²) >= 11 is 0. The number of aliphatic hydroxyl groups excluding tert-OH is 1. The third-order valence-corrected chi connectivity index (χ3v) is 2.69. The molecule has 15 heavy (non-hydrogen) atoms. The van der Waals surface area contributed by atoms with Crippen molar-refractivity contribution < 1.29 is 5.11 Å². The van der Waals surface area contributed by atoms with E-state index in [9.17, 15) is 5.11 Å². The van der Waals surface area contributed by atoms with Gasteiger partial charge in [0.05, 0.1) is 6.10 Å². The summed E-state index contributed by atoms with van der Waals surface area (Å²) in [6.07, 6.45) is 1.41. The maximum Gasteiger partial charge on any atom is 0.0976 e. The van der Waals surface area contributed by atoms with Gasteiger partial charge in [0.1, 0.15) is 0 Å². The molecule has 1 aromatic carbocycles. The van der Waals surface area contributed by atoms with Crippen molar-refractivity contribution >= 4 is 0 Å². The molecule has 1 rings (SSSR count). The van der Waals surface area contributed by atoms with E-state index in [1.165, 1.54) is 11.1 Å². The predicted octanol–water partition coefficient (Wildman–Crippen LogP) is 3.61. The number of allylic oxidation sites excluding steroid dienone is 1. The maximum atomic E-state index is 10.0. The van der Waals surface area contributed by atoms with Gasteiger partial charge in [0.2, 0.25) is 0 Å². The molecule has 0 aliphatic carbocycles. The van der Waals surface area contributed by atoms with Gasteiger partial charge in [0, 0.05) is 0 Å². The van der Waals surface area contributed by atoms with Gasteiger partial charge in [-0.2, -0.15) is 0 Å². The molecule has 0 amide bonds. The Labute approximate surface area is 92.5 Å². The Bertz CT molecular complexity index is 385. The Morgan fingerprint density at radius 3 is 2.13 bits per heavy atom. The lowest BCUT2D eigenvalue weighted by atomic mass is 9.96. The van der Waals surface area contributed by atoms with Crippen molar-refractivity contribution in [2.75, 3.05) is 0 Å². The molecule has 1 aromatic rings. The van der Waals surface area contributed by atoms with Crippen LogP contribution in [-0.2, 0) is 0 Å². The zero-order chi connectivity index (χ0) is 11.6. The van der Waals surface area contributed by atoms with Crippen molar-refractivity contribution in [2.45, 2.75) is 40.7 Å². The van der Waals surface area contributed by atoms with E-state index in [0.717, 1.165) is 16.7 Å². The molecule has 0 heterocycles. The van der Waals surface area contributed by atoms with Crippen molar-refractivity contribution in [3.63, 3.8) is 0 Å². The highest BCUT2D eigenvalue weighted by Crippen LogP contribution is 2.23. The van der Waals surface area contributed by atoms with Gasteiger partial charge >= 0.3 is 0 Å². The Balaban J connectivity index is 3.15. The molecule has 0 aromatic heterocycles. The minimum absolute atomic E-state index is 0.478. The fourth-order valence-corrected chi connectivity index (χ4v) is 1.71. The first kappa shape index (κ1) is 12.0. The molecule has 0 saturated heterocycles. The molecule has 0 aliphatic heterocycles. The first-order valence-corrected chi connectivity index (χ1v) is 5.32. The summed E-state index contributed by atoms with van der Waals surface area (Å²) in [5, 5.41) is 10.0. The molecular weight excluding hydrogens is 184 g/mol. The standard InChI is InChI=1S/C14H20O/c1-9(2)6-14(15)13-8-11(4)10(3)7-12(13)5/h6-8,14-15H,1-5H3. The number of aryl methyl sites for hydroxylation is 3. The molecule has 0 bridgehead atoms. The fourth-order valence-electron chi connectivity index (χ4n) is 1.71. The van der Waals surface area contributed by atoms with Crippen LogP contribution < -0.4 is 0 Å². The summed E-state index contributed by atoms with van der Waals surface area (Å²) in [5.74, 6) is 0. The smallest absolute Gasteiger partial charge is 0.0976 e. The van der Waals surface area contributed by atoms with Crippen molar-refractivity contribution in [2.24, 2.45) is 0 Å². The van der Waals surface area contributed by atoms with Crippen LogP contribution in [0.4, 0.5) is 0 Å². The summed E-state index contributed by atoms with van der Waals surface area (Å²) in [5.41, 5.74) is 5.82. The molecular formula is C14H20O. The van der Waals surface area contributed by atoms with E-state index in [-0.39, 0.29) is 0 Å². The monoisotopic (exact) mass is 204 g/mol. The molecule has 0 radical (unpaired) electrons. The lowest BCUT2D eigenvalue weighted by molar-refractivity contribution is 0.227. The van der Waals surface area contributed by atoms with Crippen LogP contribution in [0.2, 0.25) is 0 Å². The quantitative estimate of drug-likeness (QED) is 0.730. The van der Waals surface area contributed by atoms with E-state index in [1.807, 2.05) is 26.8 Å². The molecule has 0 saturated carbocycles. The van der Waals surface area contributed by atoms with Crippen molar-refractivity contribution in [1.29, 1.82) is 0 Å². The van der Waals surface area contributed by atoms with E-state index in [1.54, 1.807) is 0 Å². The van der Waals surface area contributed by atoms with Gasteiger partial charge in [-0.15, -0.1) is 0 Å². The normalized spacial score (nSPS) is 12.4. The van der Waals surface area contributed by atoms with Crippen LogP contribution in [-0.4, -0.2) is 5.11 Å². The summed E-state index contributed by atoms with van der Waals surface area (Å²) < 4.78 is 0. The first-order valence-electron chi connectivity index (χ1n) is 5.32. The molecule has 1 unspecified atom stereocenters. The van der Waals surface area contributed by atoms with Crippen LogP contribution in [0.15, 0.2) is 23.8 Å². The topological polar surface area (TPSA) is 20.2 Å². The van der Waals surface area contributed by atoms with Crippen LogP contribution in [0.5, 0.6) is 0 Å². The Hall–Kier alpha value is -1.08. The molecule has 0 fully saturated rings. The van der Waals surface area contributed by atoms with Crippen LogP contribution in [0, 0.1) is 20.8 Å². The fraction of sp³-hybridized carbons (Fsp3) is 0.429. The minimum atomic E-state index is -0.478. The number of aliphatic hydroxyl groups is 1. The number of hydrogen-bond donors (Lipinski definition) is 1. The molecule has 1 N–H and O–H groups in total. The molecule has 0 aliphatic rings. The number of rotatable bonds is 2. The molecule has 1 heteroatoms. The van der Waals surface area contributed by atoms with E-state index in [4.69, 9.17) is 0 Å². The Morgan fingerprint density at radius 2 is 1.60 bits per heavy atom. The molecule has 82 valence electrons. The maximum absolute atomic E-state index is 10.0. The summed E-state index contributed by atoms with van der Waals surface area (Å²) in [4.78, 5) is 0. The van der Waals surface area contributed by atoms with Gasteiger partial charge in [-0.1, -0.05) is 23.8 Å². The summed E-state index contributed by atoms with van der Waals surface area (Å²) in [7, 11) is 0. The van der Waals surface area contributed by atoms with Gasteiger partial charge in [-0.3, -0.25) is 0 Å². The summed E-state index contributed by atoms with van der Waals surface area (Å²) in [6, 6.07) is 4.21. The van der Waals surface area contributed by atoms with Gasteiger partial charge in [-0.25, -0.2) is 0 Å². The summed E-state index contributed by atoms with van der Waals surface area (Å²) in [6.45, 7) is 10.2. The molecule has 1 nitrogen and oxygen atoms in total. The highest BCUT2D eigenvalue weighted by molar-refractivity contribution is 5.39. The number of hydrogen-bond acceptors (Lipinski definition) is 1. The van der Waals surface area contributed by atoms with Gasteiger partial charge in [-0.05, 0) is 56.9 Å². The third kappa shape index (κ3) is 2.93. The average molecular weight is 204 g/mol. The van der Waals surface area contributed by atoms with E-state index in [0.29, 0.717) is 0 Å². The SMILES string of the molecule is CC(C)=CC(O)c1cc(C)c(C)cc1C. The molecule has 1 atom stereocenters. The Morgan fingerprint density at radius 1 is 1.07 bits per heavy atom. The third-order valence-electron chi connectivity index (χ3n) is 2.69. The Kier molecular flexibility index (Phi) is 3.70. The van der Waals surface area contributed by atoms with Crippen LogP contribution in [0.1, 0.15) is 42.2 Å². The van der Waals surface area contributed by atoms with Gasteiger partial charge in [0.15, 0.2) is 0 Å². The van der Waals surface area contributed by atoms with Crippen molar-refractivity contribution in [1.82, 2.24) is 0 Å². The second-order valence-electron chi connectivity index (χ2n) is 4.48. The highest BCUT2D eigenvalue weighted by Gasteiger charge is 2.08. The van der Waals surface area contributed by atoms with E-state index < -0.39 is 6.10 Å². The minimum Gasteiger partial charge on any atom is -0.384 e. The van der Waals surface area contributed by atoms with Crippen LogP contribution in [0.25, 0.3) is 0 Å². The zero-order valence-corrected chi connectivity index (χ0v) is 10.3. The van der Waals surface area contributed by atoms with E-state index >= 15 is 0 Å². The highest BCUT2D eigenvalue weighted by atomic mass is 16.3. The zero-order valence-electron chi connectivity index (χ0n) is 10.3. The lowest BCUT2D eigenvalue weighted by Gasteiger charge is -2.13. The average Bonchev–Trinajstić information content (AvgIpc) is 2.09. The first-order chi connectivity index (χ1) is 6.91. The second-order valence-corrected chi connectivity index (χ2v) is 4.48. The largest absolute Gasteiger partial charge is 0.384 e.